The zero-order chi connectivity index (χ0) is 16.9. The summed E-state index contributed by atoms with van der Waals surface area (Å²) >= 11 is 0. The molecule has 0 saturated heterocycles. The van der Waals surface area contributed by atoms with Crippen molar-refractivity contribution < 1.29 is 9.53 Å². The Balaban J connectivity index is 1.57. The molecule has 1 aromatic heterocycles. The predicted octanol–water partition coefficient (Wildman–Crippen LogP) is 3.20. The van der Waals surface area contributed by atoms with Crippen LogP contribution in [0, 0.1) is 12.8 Å². The molecule has 1 aliphatic rings. The van der Waals surface area contributed by atoms with Gasteiger partial charge in [-0.2, -0.15) is 0 Å². The van der Waals surface area contributed by atoms with Crippen molar-refractivity contribution >= 4 is 22.5 Å². The molecule has 5 heteroatoms. The first-order chi connectivity index (χ1) is 11.6. The maximum absolute atomic E-state index is 12.1. The standard InChI is InChI=1S/C19H25N3O2/c1-13-12-15(20)18-16(22-13)8-5-9-17(18)24-11-10-21-19(23)14-6-3-2-4-7-14/h5,8-9,12,14H,2-4,6-7,10-11H2,1H3,(H2,20,22)(H,21,23). The van der Waals surface area contributed by atoms with Crippen LogP contribution in [0.15, 0.2) is 24.3 Å². The molecule has 0 bridgehead atoms. The summed E-state index contributed by atoms with van der Waals surface area (Å²) in [7, 11) is 0. The van der Waals surface area contributed by atoms with Crippen molar-refractivity contribution in [3.8, 4) is 5.75 Å². The zero-order valence-electron chi connectivity index (χ0n) is 14.2. The molecule has 3 rings (SSSR count). The van der Waals surface area contributed by atoms with Crippen LogP contribution < -0.4 is 15.8 Å². The van der Waals surface area contributed by atoms with Gasteiger partial charge >= 0.3 is 0 Å². The number of aromatic nitrogens is 1. The molecule has 1 saturated carbocycles. The summed E-state index contributed by atoms with van der Waals surface area (Å²) in [6, 6.07) is 7.57. The Hall–Kier alpha value is -2.30. The lowest BCUT2D eigenvalue weighted by Gasteiger charge is -2.20. The van der Waals surface area contributed by atoms with Crippen LogP contribution >= 0.6 is 0 Å². The van der Waals surface area contributed by atoms with E-state index in [2.05, 4.69) is 10.3 Å². The first-order valence-corrected chi connectivity index (χ1v) is 8.71. The van der Waals surface area contributed by atoms with Gasteiger partial charge in [-0.25, -0.2) is 0 Å². The third-order valence-corrected chi connectivity index (χ3v) is 4.59. The Morgan fingerprint density at radius 3 is 2.92 bits per heavy atom. The number of aryl methyl sites for hydroxylation is 1. The van der Waals surface area contributed by atoms with E-state index in [0.29, 0.717) is 24.6 Å². The lowest BCUT2D eigenvalue weighted by molar-refractivity contribution is -0.126. The van der Waals surface area contributed by atoms with Crippen LogP contribution in [-0.2, 0) is 4.79 Å². The van der Waals surface area contributed by atoms with Crippen molar-refractivity contribution in [2.45, 2.75) is 39.0 Å². The fraction of sp³-hybridized carbons (Fsp3) is 0.474. The lowest BCUT2D eigenvalue weighted by Crippen LogP contribution is -2.34. The van der Waals surface area contributed by atoms with E-state index in [9.17, 15) is 4.79 Å². The second kappa shape index (κ2) is 7.51. The number of pyridine rings is 1. The molecule has 3 N–H and O–H groups in total. The molecule has 128 valence electrons. The van der Waals surface area contributed by atoms with Crippen molar-refractivity contribution in [2.24, 2.45) is 5.92 Å². The van der Waals surface area contributed by atoms with Crippen molar-refractivity contribution in [1.29, 1.82) is 0 Å². The van der Waals surface area contributed by atoms with E-state index in [-0.39, 0.29) is 11.8 Å². The van der Waals surface area contributed by atoms with Crippen LogP contribution in [0.2, 0.25) is 0 Å². The predicted molar refractivity (Wildman–Crippen MR) is 96.0 cm³/mol. The van der Waals surface area contributed by atoms with Crippen LogP contribution in [0.4, 0.5) is 5.69 Å². The minimum absolute atomic E-state index is 0.160. The molecule has 0 aliphatic heterocycles. The smallest absolute Gasteiger partial charge is 0.223 e. The number of carbonyl (C=O) groups excluding carboxylic acids is 1. The highest BCUT2D eigenvalue weighted by Gasteiger charge is 2.20. The number of nitrogen functional groups attached to an aromatic ring is 1. The molecule has 0 spiro atoms. The average molecular weight is 327 g/mol. The van der Waals surface area contributed by atoms with E-state index in [4.69, 9.17) is 10.5 Å². The van der Waals surface area contributed by atoms with Crippen molar-refractivity contribution in [3.05, 3.63) is 30.0 Å². The number of anilines is 1. The molecular weight excluding hydrogens is 302 g/mol. The minimum Gasteiger partial charge on any atom is -0.491 e. The molecule has 0 atom stereocenters. The third-order valence-electron chi connectivity index (χ3n) is 4.59. The summed E-state index contributed by atoms with van der Waals surface area (Å²) in [5, 5.41) is 3.82. The molecule has 1 fully saturated rings. The van der Waals surface area contributed by atoms with E-state index in [0.717, 1.165) is 42.3 Å². The summed E-state index contributed by atoms with van der Waals surface area (Å²) in [4.78, 5) is 16.6. The van der Waals surface area contributed by atoms with Crippen LogP contribution in [-0.4, -0.2) is 24.0 Å². The van der Waals surface area contributed by atoms with Gasteiger partial charge in [0.2, 0.25) is 5.91 Å². The number of fused-ring (bicyclic) bond motifs is 1. The summed E-state index contributed by atoms with van der Waals surface area (Å²) in [6.07, 6.45) is 5.60. The third kappa shape index (κ3) is 3.78. The Bertz CT molecular complexity index is 724. The fourth-order valence-corrected chi connectivity index (χ4v) is 3.39. The van der Waals surface area contributed by atoms with E-state index in [1.165, 1.54) is 6.42 Å². The number of hydrogen-bond donors (Lipinski definition) is 2. The molecular formula is C19H25N3O2. The van der Waals surface area contributed by atoms with E-state index in [1.54, 1.807) is 0 Å². The molecule has 1 amide bonds. The topological polar surface area (TPSA) is 77.2 Å². The van der Waals surface area contributed by atoms with Crippen molar-refractivity contribution in [1.82, 2.24) is 10.3 Å². The second-order valence-electron chi connectivity index (χ2n) is 6.48. The Morgan fingerprint density at radius 2 is 2.12 bits per heavy atom. The monoisotopic (exact) mass is 327 g/mol. The van der Waals surface area contributed by atoms with Gasteiger partial charge in [0.1, 0.15) is 12.4 Å². The maximum Gasteiger partial charge on any atom is 0.223 e. The fourth-order valence-electron chi connectivity index (χ4n) is 3.39. The molecule has 2 aromatic rings. The number of nitrogens with one attached hydrogen (secondary N) is 1. The van der Waals surface area contributed by atoms with Gasteiger partial charge in [-0.1, -0.05) is 25.3 Å². The largest absolute Gasteiger partial charge is 0.491 e. The van der Waals surface area contributed by atoms with Gasteiger partial charge in [-0.15, -0.1) is 0 Å². The van der Waals surface area contributed by atoms with Crippen molar-refractivity contribution in [3.63, 3.8) is 0 Å². The molecule has 0 radical (unpaired) electrons. The number of rotatable bonds is 5. The lowest BCUT2D eigenvalue weighted by atomic mass is 9.89. The number of nitrogens with zero attached hydrogens (tertiary/aromatic N) is 1. The maximum atomic E-state index is 12.1. The number of nitrogens with two attached hydrogens (primary N) is 1. The van der Waals surface area contributed by atoms with Gasteiger partial charge in [0, 0.05) is 17.3 Å². The van der Waals surface area contributed by atoms with Crippen LogP contribution in [0.5, 0.6) is 5.75 Å². The highest BCUT2D eigenvalue weighted by atomic mass is 16.5. The molecule has 24 heavy (non-hydrogen) atoms. The molecule has 1 aromatic carbocycles. The quantitative estimate of drug-likeness (QED) is 0.827. The number of benzene rings is 1. The first kappa shape index (κ1) is 16.6. The van der Waals surface area contributed by atoms with Crippen LogP contribution in [0.1, 0.15) is 37.8 Å². The number of carbonyl (C=O) groups is 1. The Kier molecular flexibility index (Phi) is 5.18. The molecule has 1 heterocycles. The first-order valence-electron chi connectivity index (χ1n) is 8.71. The van der Waals surface area contributed by atoms with Gasteiger partial charge < -0.3 is 15.8 Å². The zero-order valence-corrected chi connectivity index (χ0v) is 14.2. The molecule has 1 aliphatic carbocycles. The SMILES string of the molecule is Cc1cc(N)c2c(OCCNC(=O)C3CCCCC3)cccc2n1. The van der Waals surface area contributed by atoms with Gasteiger partial charge in [0.05, 0.1) is 17.4 Å². The molecule has 5 nitrogen and oxygen atoms in total. The van der Waals surface area contributed by atoms with E-state index in [1.807, 2.05) is 31.2 Å². The highest BCUT2D eigenvalue weighted by Crippen LogP contribution is 2.30. The van der Waals surface area contributed by atoms with Gasteiger partial charge in [0.15, 0.2) is 0 Å². The normalized spacial score (nSPS) is 15.4. The van der Waals surface area contributed by atoms with Crippen molar-refractivity contribution in [2.75, 3.05) is 18.9 Å². The Morgan fingerprint density at radius 1 is 1.33 bits per heavy atom. The second-order valence-corrected chi connectivity index (χ2v) is 6.48. The van der Waals surface area contributed by atoms with Gasteiger partial charge in [0.25, 0.3) is 0 Å². The summed E-state index contributed by atoms with van der Waals surface area (Å²) < 4.78 is 5.84. The van der Waals surface area contributed by atoms with Gasteiger partial charge in [-0.3, -0.25) is 9.78 Å². The molecule has 0 unspecified atom stereocenters. The minimum atomic E-state index is 0.160. The van der Waals surface area contributed by atoms with E-state index >= 15 is 0 Å². The number of hydrogen-bond acceptors (Lipinski definition) is 4. The Labute approximate surface area is 142 Å². The summed E-state index contributed by atoms with van der Waals surface area (Å²) in [5.41, 5.74) is 8.50. The number of amides is 1. The van der Waals surface area contributed by atoms with E-state index < -0.39 is 0 Å². The highest BCUT2D eigenvalue weighted by molar-refractivity contribution is 5.95. The van der Waals surface area contributed by atoms with Crippen LogP contribution in [0.25, 0.3) is 10.9 Å². The summed E-state index contributed by atoms with van der Waals surface area (Å²) in [6.45, 7) is 2.85. The number of ether oxygens (including phenoxy) is 1. The van der Waals surface area contributed by atoms with Gasteiger partial charge in [-0.05, 0) is 38.0 Å². The summed E-state index contributed by atoms with van der Waals surface area (Å²) in [5.74, 6) is 1.05. The average Bonchev–Trinajstić information content (AvgIpc) is 2.58. The van der Waals surface area contributed by atoms with Crippen LogP contribution in [0.3, 0.4) is 0 Å².